The molecule has 2 aromatic heterocycles. The summed E-state index contributed by atoms with van der Waals surface area (Å²) < 4.78 is 34.6. The molecule has 1 saturated heterocycles. The van der Waals surface area contributed by atoms with Gasteiger partial charge >= 0.3 is 0 Å². The summed E-state index contributed by atoms with van der Waals surface area (Å²) in [4.78, 5) is 19.5. The Hall–Kier alpha value is -2.98. The zero-order chi connectivity index (χ0) is 21.8. The molecule has 1 N–H and O–H groups in total. The van der Waals surface area contributed by atoms with Crippen molar-refractivity contribution in [3.8, 4) is 5.75 Å². The van der Waals surface area contributed by atoms with Crippen molar-refractivity contribution >= 4 is 21.6 Å². The highest BCUT2D eigenvalue weighted by molar-refractivity contribution is 7.89. The standard InChI is InChI=1S/C21H23N5O4S/c1-13-9-20-22-11-17-18-8-3-14(10-19(17)26(20)24-13)25(18)21(27)12-23-31(28,29)16-6-4-15(30-2)5-7-16/h4-7,9,11,14,18,23H,3,8,10,12H2,1-2H3/t14-,18-/m0/s1. The number of aryl methyl sites for hydroxylation is 1. The molecule has 1 amide bonds. The van der Waals surface area contributed by atoms with Gasteiger partial charge in [-0.25, -0.2) is 22.6 Å². The minimum absolute atomic E-state index is 0.0330. The molecule has 2 atom stereocenters. The maximum Gasteiger partial charge on any atom is 0.241 e. The van der Waals surface area contributed by atoms with E-state index in [4.69, 9.17) is 4.74 Å². The molecular weight excluding hydrogens is 418 g/mol. The van der Waals surface area contributed by atoms with Gasteiger partial charge in [-0.15, -0.1) is 0 Å². The fraction of sp³-hybridized carbons (Fsp3) is 0.381. The summed E-state index contributed by atoms with van der Waals surface area (Å²) in [6.45, 7) is 1.65. The Morgan fingerprint density at radius 3 is 2.77 bits per heavy atom. The van der Waals surface area contributed by atoms with E-state index in [-0.39, 0.29) is 29.4 Å². The van der Waals surface area contributed by atoms with E-state index in [1.54, 1.807) is 12.1 Å². The van der Waals surface area contributed by atoms with Crippen LogP contribution in [0.2, 0.25) is 0 Å². The van der Waals surface area contributed by atoms with E-state index < -0.39 is 10.0 Å². The number of carbonyl (C=O) groups excluding carboxylic acids is 1. The Morgan fingerprint density at radius 1 is 1.26 bits per heavy atom. The zero-order valence-electron chi connectivity index (χ0n) is 17.3. The Labute approximate surface area is 180 Å². The second-order valence-electron chi connectivity index (χ2n) is 7.97. The van der Waals surface area contributed by atoms with Crippen LogP contribution in [-0.4, -0.2) is 53.5 Å². The quantitative estimate of drug-likeness (QED) is 0.645. The summed E-state index contributed by atoms with van der Waals surface area (Å²) in [5, 5.41) is 4.56. The number of amides is 1. The molecule has 0 unspecified atom stereocenters. The fourth-order valence-corrected chi connectivity index (χ4v) is 5.64. The van der Waals surface area contributed by atoms with Crippen LogP contribution in [0.25, 0.3) is 5.65 Å². The third-order valence-electron chi connectivity index (χ3n) is 6.10. The number of rotatable bonds is 5. The molecule has 2 aliphatic rings. The molecule has 9 nitrogen and oxygen atoms in total. The summed E-state index contributed by atoms with van der Waals surface area (Å²) in [5.41, 5.74) is 3.80. The number of ether oxygens (including phenoxy) is 1. The zero-order valence-corrected chi connectivity index (χ0v) is 18.1. The van der Waals surface area contributed by atoms with E-state index in [1.165, 1.54) is 19.2 Å². The summed E-state index contributed by atoms with van der Waals surface area (Å²) in [6.07, 6.45) is 4.23. The fourth-order valence-electron chi connectivity index (χ4n) is 4.67. The predicted molar refractivity (Wildman–Crippen MR) is 112 cm³/mol. The van der Waals surface area contributed by atoms with Crippen molar-refractivity contribution in [3.63, 3.8) is 0 Å². The first-order valence-electron chi connectivity index (χ1n) is 10.2. The minimum Gasteiger partial charge on any atom is -0.497 e. The van der Waals surface area contributed by atoms with Gasteiger partial charge in [0.1, 0.15) is 5.75 Å². The second-order valence-corrected chi connectivity index (χ2v) is 9.74. The SMILES string of the molecule is COc1ccc(S(=O)(=O)NCC(=O)N2[C@H]3CC[C@H]2c2cnc4cc(C)nn4c2C3)cc1. The molecule has 2 bridgehead atoms. The van der Waals surface area contributed by atoms with Crippen molar-refractivity contribution in [1.82, 2.24) is 24.2 Å². The topological polar surface area (TPSA) is 106 Å². The largest absolute Gasteiger partial charge is 0.497 e. The predicted octanol–water partition coefficient (Wildman–Crippen LogP) is 1.61. The maximum absolute atomic E-state index is 13.1. The van der Waals surface area contributed by atoms with Crippen LogP contribution in [0.5, 0.6) is 5.75 Å². The Balaban J connectivity index is 1.35. The van der Waals surface area contributed by atoms with Crippen molar-refractivity contribution in [2.75, 3.05) is 13.7 Å². The van der Waals surface area contributed by atoms with Gasteiger partial charge < -0.3 is 9.64 Å². The molecule has 10 heteroatoms. The molecule has 0 radical (unpaired) electrons. The van der Waals surface area contributed by atoms with Crippen LogP contribution in [0.4, 0.5) is 0 Å². The molecule has 162 valence electrons. The minimum atomic E-state index is -3.80. The van der Waals surface area contributed by atoms with Crippen molar-refractivity contribution in [3.05, 3.63) is 53.5 Å². The number of hydrogen-bond acceptors (Lipinski definition) is 6. The third-order valence-corrected chi connectivity index (χ3v) is 7.52. The molecule has 0 aliphatic carbocycles. The van der Waals surface area contributed by atoms with Gasteiger partial charge in [-0.1, -0.05) is 0 Å². The normalized spacial score (nSPS) is 20.1. The van der Waals surface area contributed by atoms with E-state index >= 15 is 0 Å². The van der Waals surface area contributed by atoms with Crippen LogP contribution in [-0.2, 0) is 21.2 Å². The lowest BCUT2D eigenvalue weighted by Gasteiger charge is -2.36. The van der Waals surface area contributed by atoms with Crippen molar-refractivity contribution in [1.29, 1.82) is 0 Å². The molecule has 0 saturated carbocycles. The first-order chi connectivity index (χ1) is 14.9. The summed E-state index contributed by atoms with van der Waals surface area (Å²) in [5.74, 6) is 0.334. The first kappa shape index (κ1) is 20.0. The van der Waals surface area contributed by atoms with Gasteiger partial charge in [-0.2, -0.15) is 5.10 Å². The molecule has 31 heavy (non-hydrogen) atoms. The molecule has 1 aromatic carbocycles. The van der Waals surface area contributed by atoms with E-state index in [1.807, 2.05) is 28.6 Å². The molecular formula is C21H23N5O4S. The second kappa shape index (κ2) is 7.31. The average molecular weight is 442 g/mol. The van der Waals surface area contributed by atoms with Gasteiger partial charge in [0.15, 0.2) is 5.65 Å². The van der Waals surface area contributed by atoms with Gasteiger partial charge in [0.2, 0.25) is 15.9 Å². The van der Waals surface area contributed by atoms with Gasteiger partial charge in [0, 0.05) is 30.3 Å². The highest BCUT2D eigenvalue weighted by Crippen LogP contribution is 2.43. The Kier molecular flexibility index (Phi) is 4.71. The molecule has 4 heterocycles. The van der Waals surface area contributed by atoms with Crippen LogP contribution in [0, 0.1) is 6.92 Å². The van der Waals surface area contributed by atoms with Crippen LogP contribution in [0.3, 0.4) is 0 Å². The van der Waals surface area contributed by atoms with E-state index in [0.717, 1.165) is 35.4 Å². The first-order valence-corrected chi connectivity index (χ1v) is 11.6. The van der Waals surface area contributed by atoms with Crippen LogP contribution in [0.1, 0.15) is 35.8 Å². The monoisotopic (exact) mass is 441 g/mol. The number of aromatic nitrogens is 3. The van der Waals surface area contributed by atoms with Crippen LogP contribution >= 0.6 is 0 Å². The number of nitrogens with one attached hydrogen (secondary N) is 1. The van der Waals surface area contributed by atoms with E-state index in [9.17, 15) is 13.2 Å². The molecule has 2 aliphatic heterocycles. The van der Waals surface area contributed by atoms with E-state index in [0.29, 0.717) is 12.2 Å². The number of benzene rings is 1. The molecule has 0 spiro atoms. The van der Waals surface area contributed by atoms with Gasteiger partial charge in [-0.3, -0.25) is 4.79 Å². The number of sulfonamides is 1. The van der Waals surface area contributed by atoms with Crippen LogP contribution < -0.4 is 9.46 Å². The van der Waals surface area contributed by atoms with E-state index in [2.05, 4.69) is 14.8 Å². The Bertz CT molecular complexity index is 1270. The summed E-state index contributed by atoms with van der Waals surface area (Å²) >= 11 is 0. The number of nitrogens with zero attached hydrogens (tertiary/aromatic N) is 4. The number of methoxy groups -OCH3 is 1. The molecule has 5 rings (SSSR count). The highest BCUT2D eigenvalue weighted by atomic mass is 32.2. The third kappa shape index (κ3) is 3.35. The lowest BCUT2D eigenvalue weighted by Crippen LogP contribution is -2.47. The van der Waals surface area contributed by atoms with Crippen LogP contribution in [0.15, 0.2) is 41.4 Å². The Morgan fingerprint density at radius 2 is 2.03 bits per heavy atom. The highest BCUT2D eigenvalue weighted by Gasteiger charge is 2.43. The molecule has 3 aromatic rings. The summed E-state index contributed by atoms with van der Waals surface area (Å²) in [7, 11) is -2.29. The number of fused-ring (bicyclic) bond motifs is 6. The summed E-state index contributed by atoms with van der Waals surface area (Å²) in [6, 6.07) is 7.92. The van der Waals surface area contributed by atoms with Gasteiger partial charge in [-0.05, 0) is 44.0 Å². The number of carbonyl (C=O) groups is 1. The lowest BCUT2D eigenvalue weighted by molar-refractivity contribution is -0.133. The van der Waals surface area contributed by atoms with Gasteiger partial charge in [0.25, 0.3) is 0 Å². The van der Waals surface area contributed by atoms with Gasteiger partial charge in [0.05, 0.1) is 36.0 Å². The average Bonchev–Trinajstić information content (AvgIpc) is 3.30. The van der Waals surface area contributed by atoms with Crippen molar-refractivity contribution in [2.24, 2.45) is 0 Å². The lowest BCUT2D eigenvalue weighted by atomic mass is 9.99. The number of hydrogen-bond donors (Lipinski definition) is 1. The van der Waals surface area contributed by atoms with Crippen molar-refractivity contribution < 1.29 is 17.9 Å². The van der Waals surface area contributed by atoms with Crippen molar-refractivity contribution in [2.45, 2.75) is 43.2 Å². The molecule has 1 fully saturated rings. The maximum atomic E-state index is 13.1. The smallest absolute Gasteiger partial charge is 0.241 e.